The third-order valence-corrected chi connectivity index (χ3v) is 2.83. The minimum atomic E-state index is -0.786. The molecule has 0 saturated carbocycles. The van der Waals surface area contributed by atoms with E-state index < -0.39 is 6.10 Å². The predicted octanol–water partition coefficient (Wildman–Crippen LogP) is 3.49. The van der Waals surface area contributed by atoms with E-state index in [9.17, 15) is 9.59 Å². The quantitative estimate of drug-likeness (QED) is 0.865. The average molecular weight is 318 g/mol. The van der Waals surface area contributed by atoms with Crippen LogP contribution in [0.5, 0.6) is 5.75 Å². The number of rotatable bonds is 4. The summed E-state index contributed by atoms with van der Waals surface area (Å²) in [6, 6.07) is 2.89. The molecule has 0 aliphatic rings. The molecule has 1 rings (SSSR count). The van der Waals surface area contributed by atoms with Crippen molar-refractivity contribution in [3.05, 3.63) is 27.7 Å². The average Bonchev–Trinajstić information content (AvgIpc) is 2.29. The Balaban J connectivity index is 2.93. The van der Waals surface area contributed by atoms with E-state index in [2.05, 4.69) is 5.32 Å². The Kier molecular flexibility index (Phi) is 5.42. The lowest BCUT2D eigenvalue weighted by atomic mass is 10.1. The molecule has 1 unspecified atom stereocenters. The summed E-state index contributed by atoms with van der Waals surface area (Å²) >= 11 is 11.8. The fourth-order valence-electron chi connectivity index (χ4n) is 1.49. The molecule has 0 fully saturated rings. The normalized spacial score (nSPS) is 12.7. The summed E-state index contributed by atoms with van der Waals surface area (Å²) in [7, 11) is 0. The SMILES string of the molecule is CC(Oc1c(Cl)cc(Cl)cc1C=O)C(=O)NC(C)(C)C. The lowest BCUT2D eigenvalue weighted by Crippen LogP contribution is -2.46. The van der Waals surface area contributed by atoms with Crippen LogP contribution in [0.1, 0.15) is 38.1 Å². The second-order valence-electron chi connectivity index (χ2n) is 5.42. The molecule has 1 atom stereocenters. The van der Waals surface area contributed by atoms with Crippen LogP contribution >= 0.6 is 23.2 Å². The van der Waals surface area contributed by atoms with Gasteiger partial charge in [0.1, 0.15) is 5.75 Å². The molecular weight excluding hydrogens is 301 g/mol. The lowest BCUT2D eigenvalue weighted by Gasteiger charge is -2.24. The summed E-state index contributed by atoms with van der Waals surface area (Å²) in [6.45, 7) is 7.18. The molecule has 6 heteroatoms. The van der Waals surface area contributed by atoms with Gasteiger partial charge in [0, 0.05) is 10.6 Å². The first-order chi connectivity index (χ1) is 9.14. The van der Waals surface area contributed by atoms with Gasteiger partial charge in [-0.3, -0.25) is 9.59 Å². The summed E-state index contributed by atoms with van der Waals surface area (Å²) in [5.74, 6) is -0.136. The number of carbonyl (C=O) groups excluding carboxylic acids is 2. The van der Waals surface area contributed by atoms with E-state index in [4.69, 9.17) is 27.9 Å². The highest BCUT2D eigenvalue weighted by atomic mass is 35.5. The highest BCUT2D eigenvalue weighted by Crippen LogP contribution is 2.32. The molecule has 0 aromatic heterocycles. The largest absolute Gasteiger partial charge is 0.479 e. The first-order valence-electron chi connectivity index (χ1n) is 6.07. The maximum Gasteiger partial charge on any atom is 0.261 e. The van der Waals surface area contributed by atoms with Crippen LogP contribution in [0.25, 0.3) is 0 Å². The van der Waals surface area contributed by atoms with Crippen molar-refractivity contribution >= 4 is 35.4 Å². The van der Waals surface area contributed by atoms with Crippen molar-refractivity contribution in [2.75, 3.05) is 0 Å². The van der Waals surface area contributed by atoms with Crippen molar-refractivity contribution < 1.29 is 14.3 Å². The third kappa shape index (κ3) is 4.69. The predicted molar refractivity (Wildman–Crippen MR) is 79.8 cm³/mol. The first kappa shape index (κ1) is 16.8. The molecule has 0 saturated heterocycles. The van der Waals surface area contributed by atoms with Crippen molar-refractivity contribution in [2.45, 2.75) is 39.3 Å². The van der Waals surface area contributed by atoms with Gasteiger partial charge in [-0.2, -0.15) is 0 Å². The van der Waals surface area contributed by atoms with E-state index in [-0.39, 0.29) is 27.8 Å². The summed E-state index contributed by atoms with van der Waals surface area (Å²) in [6.07, 6.45) is -0.201. The topological polar surface area (TPSA) is 55.4 Å². The molecule has 0 aliphatic heterocycles. The molecule has 0 radical (unpaired) electrons. The molecule has 1 aromatic carbocycles. The Morgan fingerprint density at radius 3 is 2.45 bits per heavy atom. The highest BCUT2D eigenvalue weighted by Gasteiger charge is 2.22. The maximum absolute atomic E-state index is 11.9. The van der Waals surface area contributed by atoms with Crippen LogP contribution in [-0.4, -0.2) is 23.8 Å². The number of carbonyl (C=O) groups is 2. The molecule has 0 heterocycles. The van der Waals surface area contributed by atoms with E-state index in [1.807, 2.05) is 20.8 Å². The van der Waals surface area contributed by atoms with Crippen LogP contribution in [0.3, 0.4) is 0 Å². The van der Waals surface area contributed by atoms with Gasteiger partial charge < -0.3 is 10.1 Å². The van der Waals surface area contributed by atoms with Gasteiger partial charge in [0.15, 0.2) is 12.4 Å². The summed E-state index contributed by atoms with van der Waals surface area (Å²) in [4.78, 5) is 23.0. The Bertz CT molecular complexity index is 524. The number of nitrogens with one attached hydrogen (secondary N) is 1. The van der Waals surface area contributed by atoms with Gasteiger partial charge in [0.25, 0.3) is 5.91 Å². The van der Waals surface area contributed by atoms with Crippen LogP contribution in [0.15, 0.2) is 12.1 Å². The summed E-state index contributed by atoms with van der Waals surface area (Å²) in [5.41, 5.74) is -0.163. The molecular formula is C14H17Cl2NO3. The number of aldehydes is 1. The zero-order valence-electron chi connectivity index (χ0n) is 11.8. The number of amides is 1. The minimum absolute atomic E-state index is 0.155. The number of benzene rings is 1. The van der Waals surface area contributed by atoms with Crippen LogP contribution in [0.4, 0.5) is 0 Å². The van der Waals surface area contributed by atoms with Gasteiger partial charge in [-0.15, -0.1) is 0 Å². The van der Waals surface area contributed by atoms with Gasteiger partial charge in [0.2, 0.25) is 0 Å². The van der Waals surface area contributed by atoms with Crippen LogP contribution in [-0.2, 0) is 4.79 Å². The van der Waals surface area contributed by atoms with E-state index in [1.54, 1.807) is 6.92 Å². The van der Waals surface area contributed by atoms with E-state index in [0.29, 0.717) is 11.3 Å². The monoisotopic (exact) mass is 317 g/mol. The molecule has 1 aromatic rings. The molecule has 0 aliphatic carbocycles. The van der Waals surface area contributed by atoms with Gasteiger partial charge in [0.05, 0.1) is 10.6 Å². The smallest absolute Gasteiger partial charge is 0.261 e. The van der Waals surface area contributed by atoms with E-state index in [0.717, 1.165) is 0 Å². The molecule has 1 N–H and O–H groups in total. The standard InChI is InChI=1S/C14H17Cl2NO3/c1-8(13(19)17-14(2,3)4)20-12-9(7-18)5-10(15)6-11(12)16/h5-8H,1-4H3,(H,17,19). The van der Waals surface area contributed by atoms with Crippen molar-refractivity contribution in [1.82, 2.24) is 5.32 Å². The van der Waals surface area contributed by atoms with Gasteiger partial charge in [-0.1, -0.05) is 23.2 Å². The number of halogens is 2. The summed E-state index contributed by atoms with van der Waals surface area (Å²) in [5, 5.41) is 3.31. The second-order valence-corrected chi connectivity index (χ2v) is 6.27. The van der Waals surface area contributed by atoms with E-state index >= 15 is 0 Å². The minimum Gasteiger partial charge on any atom is -0.479 e. The Labute approximate surface area is 128 Å². The Hall–Kier alpha value is -1.26. The van der Waals surface area contributed by atoms with Crippen LogP contribution in [0, 0.1) is 0 Å². The number of ether oxygens (including phenoxy) is 1. The lowest BCUT2D eigenvalue weighted by molar-refractivity contribution is -0.128. The Morgan fingerprint density at radius 1 is 1.35 bits per heavy atom. The van der Waals surface area contributed by atoms with E-state index in [1.165, 1.54) is 12.1 Å². The maximum atomic E-state index is 11.9. The molecule has 0 spiro atoms. The fourth-order valence-corrected chi connectivity index (χ4v) is 2.05. The highest BCUT2D eigenvalue weighted by molar-refractivity contribution is 6.36. The third-order valence-electron chi connectivity index (χ3n) is 2.33. The van der Waals surface area contributed by atoms with Crippen LogP contribution < -0.4 is 10.1 Å². The first-order valence-corrected chi connectivity index (χ1v) is 6.82. The molecule has 110 valence electrons. The van der Waals surface area contributed by atoms with Crippen LogP contribution in [0.2, 0.25) is 10.0 Å². The summed E-state index contributed by atoms with van der Waals surface area (Å²) < 4.78 is 5.50. The van der Waals surface area contributed by atoms with Gasteiger partial charge in [-0.05, 0) is 39.8 Å². The van der Waals surface area contributed by atoms with Crippen molar-refractivity contribution in [2.24, 2.45) is 0 Å². The Morgan fingerprint density at radius 2 is 1.95 bits per heavy atom. The molecule has 4 nitrogen and oxygen atoms in total. The van der Waals surface area contributed by atoms with Gasteiger partial charge >= 0.3 is 0 Å². The fraction of sp³-hybridized carbons (Fsp3) is 0.429. The molecule has 0 bridgehead atoms. The molecule has 20 heavy (non-hydrogen) atoms. The van der Waals surface area contributed by atoms with Crippen molar-refractivity contribution in [3.8, 4) is 5.75 Å². The van der Waals surface area contributed by atoms with Crippen molar-refractivity contribution in [3.63, 3.8) is 0 Å². The number of hydrogen-bond acceptors (Lipinski definition) is 3. The van der Waals surface area contributed by atoms with Gasteiger partial charge in [-0.25, -0.2) is 0 Å². The second kappa shape index (κ2) is 6.46. The molecule has 1 amide bonds. The number of hydrogen-bond donors (Lipinski definition) is 1. The zero-order valence-corrected chi connectivity index (χ0v) is 13.3. The van der Waals surface area contributed by atoms with Crippen molar-refractivity contribution in [1.29, 1.82) is 0 Å². The zero-order chi connectivity index (χ0) is 15.5.